The highest BCUT2D eigenvalue weighted by molar-refractivity contribution is 9.10. The summed E-state index contributed by atoms with van der Waals surface area (Å²) in [6.45, 7) is 5.80. The normalized spacial score (nSPS) is 10.5. The number of halogens is 1. The average Bonchev–Trinajstić information content (AvgIpc) is 2.95. The number of carbonyl (C=O) groups is 2. The topological polar surface area (TPSA) is 71.2 Å². The van der Waals surface area contributed by atoms with Crippen LogP contribution in [-0.4, -0.2) is 23.5 Å². The first-order valence-corrected chi connectivity index (χ1v) is 7.97. The predicted octanol–water partition coefficient (Wildman–Crippen LogP) is 3.88. The van der Waals surface area contributed by atoms with E-state index in [1.807, 2.05) is 13.8 Å². The molecule has 2 rings (SSSR count). The van der Waals surface area contributed by atoms with Crippen LogP contribution < -0.4 is 5.32 Å². The SMILES string of the molecule is CCOC(=O)c1c(NC(=O)c2cc(Br)c[nH]2)sc(C)c1C. The highest BCUT2D eigenvalue weighted by atomic mass is 79.9. The number of hydrogen-bond acceptors (Lipinski definition) is 4. The Balaban J connectivity index is 2.29. The van der Waals surface area contributed by atoms with Gasteiger partial charge in [0, 0.05) is 15.5 Å². The molecule has 1 amide bonds. The summed E-state index contributed by atoms with van der Waals surface area (Å²) in [5, 5.41) is 3.28. The summed E-state index contributed by atoms with van der Waals surface area (Å²) in [5.41, 5.74) is 1.68. The minimum Gasteiger partial charge on any atom is -0.462 e. The first-order valence-electron chi connectivity index (χ1n) is 6.36. The summed E-state index contributed by atoms with van der Waals surface area (Å²) < 4.78 is 5.84. The second-order valence-corrected chi connectivity index (χ2v) is 6.53. The molecule has 0 aliphatic carbocycles. The Labute approximate surface area is 134 Å². The second-order valence-electron chi connectivity index (χ2n) is 4.39. The number of H-pyrrole nitrogens is 1. The van der Waals surface area contributed by atoms with Crippen LogP contribution in [0.4, 0.5) is 5.00 Å². The van der Waals surface area contributed by atoms with Crippen molar-refractivity contribution in [2.45, 2.75) is 20.8 Å². The zero-order chi connectivity index (χ0) is 15.6. The Hall–Kier alpha value is -1.60. The molecule has 0 unspecified atom stereocenters. The van der Waals surface area contributed by atoms with E-state index in [2.05, 4.69) is 26.2 Å². The lowest BCUT2D eigenvalue weighted by molar-refractivity contribution is 0.0527. The molecule has 0 saturated heterocycles. The zero-order valence-electron chi connectivity index (χ0n) is 11.9. The molecule has 0 aliphatic heterocycles. The third-order valence-corrected chi connectivity index (χ3v) is 4.56. The van der Waals surface area contributed by atoms with E-state index in [4.69, 9.17) is 4.74 Å². The average molecular weight is 371 g/mol. The molecule has 5 nitrogen and oxygen atoms in total. The molecule has 0 aromatic carbocycles. The molecule has 2 heterocycles. The molecule has 0 aliphatic rings. The third kappa shape index (κ3) is 3.36. The minimum absolute atomic E-state index is 0.296. The van der Waals surface area contributed by atoms with Crippen molar-refractivity contribution in [2.75, 3.05) is 11.9 Å². The summed E-state index contributed by atoms with van der Waals surface area (Å²) in [7, 11) is 0. The van der Waals surface area contributed by atoms with Crippen molar-refractivity contribution in [1.82, 2.24) is 4.98 Å². The summed E-state index contributed by atoms with van der Waals surface area (Å²) in [4.78, 5) is 28.0. The van der Waals surface area contributed by atoms with Crippen LogP contribution in [-0.2, 0) is 4.74 Å². The summed E-state index contributed by atoms with van der Waals surface area (Å²) in [5.74, 6) is -0.713. The highest BCUT2D eigenvalue weighted by Crippen LogP contribution is 2.33. The molecule has 21 heavy (non-hydrogen) atoms. The number of esters is 1. The lowest BCUT2D eigenvalue weighted by atomic mass is 10.1. The van der Waals surface area contributed by atoms with Crippen LogP contribution in [0.3, 0.4) is 0 Å². The van der Waals surface area contributed by atoms with E-state index in [0.29, 0.717) is 22.9 Å². The van der Waals surface area contributed by atoms with E-state index in [9.17, 15) is 9.59 Å². The summed E-state index contributed by atoms with van der Waals surface area (Å²) in [6.07, 6.45) is 1.67. The smallest absolute Gasteiger partial charge is 0.341 e. The molecule has 2 aromatic heterocycles. The van der Waals surface area contributed by atoms with Gasteiger partial charge in [0.2, 0.25) is 0 Å². The molecular weight excluding hydrogens is 356 g/mol. The molecule has 2 N–H and O–H groups in total. The van der Waals surface area contributed by atoms with Gasteiger partial charge < -0.3 is 15.0 Å². The van der Waals surface area contributed by atoms with Crippen molar-refractivity contribution >= 4 is 44.1 Å². The van der Waals surface area contributed by atoms with Crippen molar-refractivity contribution in [3.63, 3.8) is 0 Å². The Morgan fingerprint density at radius 3 is 2.71 bits per heavy atom. The van der Waals surface area contributed by atoms with Gasteiger partial charge in [-0.3, -0.25) is 4.79 Å². The lowest BCUT2D eigenvalue weighted by Crippen LogP contribution is -2.15. The maximum atomic E-state index is 12.2. The van der Waals surface area contributed by atoms with Gasteiger partial charge in [-0.2, -0.15) is 0 Å². The number of thiophene rings is 1. The predicted molar refractivity (Wildman–Crippen MR) is 86.2 cm³/mol. The molecule has 0 bridgehead atoms. The molecule has 2 aromatic rings. The van der Waals surface area contributed by atoms with Crippen molar-refractivity contribution < 1.29 is 14.3 Å². The van der Waals surface area contributed by atoms with Gasteiger partial charge in [0.1, 0.15) is 10.7 Å². The number of hydrogen-bond donors (Lipinski definition) is 2. The molecule has 0 fully saturated rings. The number of rotatable bonds is 4. The van der Waals surface area contributed by atoms with Gasteiger partial charge in [-0.05, 0) is 48.3 Å². The number of aryl methyl sites for hydroxylation is 1. The van der Waals surface area contributed by atoms with Gasteiger partial charge in [0.05, 0.1) is 12.2 Å². The number of ether oxygens (including phenoxy) is 1. The van der Waals surface area contributed by atoms with Crippen molar-refractivity contribution in [1.29, 1.82) is 0 Å². The number of aromatic amines is 1. The van der Waals surface area contributed by atoms with Gasteiger partial charge in [-0.1, -0.05) is 0 Å². The van der Waals surface area contributed by atoms with E-state index in [1.54, 1.807) is 19.2 Å². The standard InChI is InChI=1S/C14H15BrN2O3S/c1-4-20-14(19)11-7(2)8(3)21-13(11)17-12(18)10-5-9(15)6-16-10/h5-6,16H,4H2,1-3H3,(H,17,18). The second kappa shape index (κ2) is 6.44. The van der Waals surface area contributed by atoms with Crippen LogP contribution in [0, 0.1) is 13.8 Å². The van der Waals surface area contributed by atoms with E-state index >= 15 is 0 Å². The van der Waals surface area contributed by atoms with Crippen LogP contribution in [0.2, 0.25) is 0 Å². The van der Waals surface area contributed by atoms with Crippen LogP contribution in [0.5, 0.6) is 0 Å². The first-order chi connectivity index (χ1) is 9.93. The van der Waals surface area contributed by atoms with Crippen LogP contribution in [0.15, 0.2) is 16.7 Å². The number of aromatic nitrogens is 1. The highest BCUT2D eigenvalue weighted by Gasteiger charge is 2.22. The fraction of sp³-hybridized carbons (Fsp3) is 0.286. The van der Waals surface area contributed by atoms with E-state index in [0.717, 1.165) is 14.9 Å². The molecule has 7 heteroatoms. The maximum Gasteiger partial charge on any atom is 0.341 e. The van der Waals surface area contributed by atoms with Crippen LogP contribution in [0.1, 0.15) is 38.2 Å². The number of amides is 1. The molecule has 0 spiro atoms. The number of nitrogens with one attached hydrogen (secondary N) is 2. The molecular formula is C14H15BrN2O3S. The largest absolute Gasteiger partial charge is 0.462 e. The van der Waals surface area contributed by atoms with Crippen molar-refractivity contribution in [3.05, 3.63) is 38.4 Å². The summed E-state index contributed by atoms with van der Waals surface area (Å²) >= 11 is 4.64. The maximum absolute atomic E-state index is 12.2. The van der Waals surface area contributed by atoms with E-state index in [-0.39, 0.29) is 5.91 Å². The monoisotopic (exact) mass is 370 g/mol. The van der Waals surface area contributed by atoms with Crippen LogP contribution in [0.25, 0.3) is 0 Å². The van der Waals surface area contributed by atoms with Gasteiger partial charge >= 0.3 is 5.97 Å². The first kappa shape index (κ1) is 15.8. The molecule has 0 saturated carbocycles. The fourth-order valence-electron chi connectivity index (χ4n) is 1.83. The van der Waals surface area contributed by atoms with Crippen LogP contribution >= 0.6 is 27.3 Å². The van der Waals surface area contributed by atoms with Gasteiger partial charge in [-0.15, -0.1) is 11.3 Å². The molecule has 112 valence electrons. The van der Waals surface area contributed by atoms with Gasteiger partial charge in [0.25, 0.3) is 5.91 Å². The van der Waals surface area contributed by atoms with E-state index in [1.165, 1.54) is 11.3 Å². The zero-order valence-corrected chi connectivity index (χ0v) is 14.3. The Kier molecular flexibility index (Phi) is 4.84. The number of anilines is 1. The van der Waals surface area contributed by atoms with Gasteiger partial charge in [-0.25, -0.2) is 4.79 Å². The number of carbonyl (C=O) groups excluding carboxylic acids is 2. The van der Waals surface area contributed by atoms with Crippen molar-refractivity contribution in [3.8, 4) is 0 Å². The fourth-order valence-corrected chi connectivity index (χ4v) is 3.22. The minimum atomic E-state index is -0.415. The molecule has 0 atom stereocenters. The lowest BCUT2D eigenvalue weighted by Gasteiger charge is -2.06. The van der Waals surface area contributed by atoms with E-state index < -0.39 is 5.97 Å². The summed E-state index contributed by atoms with van der Waals surface area (Å²) in [6, 6.07) is 1.67. The Bertz CT molecular complexity index is 690. The third-order valence-electron chi connectivity index (χ3n) is 2.98. The quantitative estimate of drug-likeness (QED) is 0.802. The Morgan fingerprint density at radius 1 is 1.43 bits per heavy atom. The Morgan fingerprint density at radius 2 is 2.14 bits per heavy atom. The molecule has 0 radical (unpaired) electrons. The van der Waals surface area contributed by atoms with Gasteiger partial charge in [0.15, 0.2) is 0 Å². The van der Waals surface area contributed by atoms with Crippen molar-refractivity contribution in [2.24, 2.45) is 0 Å².